The smallest absolute Gasteiger partial charge is 0.434 e. The highest BCUT2D eigenvalue weighted by molar-refractivity contribution is 7.13. The van der Waals surface area contributed by atoms with E-state index >= 15 is 0 Å². The number of hydrogen-bond acceptors (Lipinski definition) is 10. The number of amides is 2. The number of urea groups is 1. The number of rotatable bonds is 11. The SMILES string of the molecule is CCNC(=O)Nc1cc(-c2nc(C)cs2)c(-c2cc(-c3n[nH]c(=O)o3)cnc2OCCN(C(C)C)C(C)C)cn1. The highest BCUT2D eigenvalue weighted by Gasteiger charge is 2.21. The summed E-state index contributed by atoms with van der Waals surface area (Å²) in [5.74, 6) is 0.188. The van der Waals surface area contributed by atoms with Gasteiger partial charge in [-0.05, 0) is 53.7 Å². The van der Waals surface area contributed by atoms with Gasteiger partial charge in [-0.3, -0.25) is 10.2 Å². The van der Waals surface area contributed by atoms with Crippen LogP contribution >= 0.6 is 11.3 Å². The van der Waals surface area contributed by atoms with Gasteiger partial charge in [-0.25, -0.2) is 29.6 Å². The summed E-state index contributed by atoms with van der Waals surface area (Å²) < 4.78 is 11.4. The van der Waals surface area contributed by atoms with E-state index in [0.717, 1.165) is 16.3 Å². The molecule has 0 radical (unpaired) electrons. The number of aryl methyl sites for hydroxylation is 1. The average Bonchev–Trinajstić information content (AvgIpc) is 3.54. The van der Waals surface area contributed by atoms with E-state index in [4.69, 9.17) is 9.15 Å². The Hall–Kier alpha value is -4.10. The van der Waals surface area contributed by atoms with Crippen LogP contribution in [0.2, 0.25) is 0 Å². The number of hydrogen-bond donors (Lipinski definition) is 3. The summed E-state index contributed by atoms with van der Waals surface area (Å²) >= 11 is 1.47. The lowest BCUT2D eigenvalue weighted by molar-refractivity contribution is 0.140. The van der Waals surface area contributed by atoms with Crippen molar-refractivity contribution in [2.75, 3.05) is 25.0 Å². The number of ether oxygens (including phenoxy) is 1. The van der Waals surface area contributed by atoms with Crippen LogP contribution in [-0.2, 0) is 0 Å². The van der Waals surface area contributed by atoms with Crippen LogP contribution in [0.5, 0.6) is 5.88 Å². The number of aromatic nitrogens is 5. The summed E-state index contributed by atoms with van der Waals surface area (Å²) in [5, 5.41) is 14.4. The van der Waals surface area contributed by atoms with E-state index in [9.17, 15) is 9.59 Å². The molecule has 0 spiro atoms. The van der Waals surface area contributed by atoms with Gasteiger partial charge >= 0.3 is 11.8 Å². The van der Waals surface area contributed by atoms with Crippen molar-refractivity contribution in [1.82, 2.24) is 35.4 Å². The van der Waals surface area contributed by atoms with Crippen LogP contribution in [0.15, 0.2) is 39.1 Å². The minimum absolute atomic E-state index is 0.102. The van der Waals surface area contributed by atoms with Crippen LogP contribution in [0, 0.1) is 6.92 Å². The summed E-state index contributed by atoms with van der Waals surface area (Å²) in [7, 11) is 0. The van der Waals surface area contributed by atoms with E-state index in [1.165, 1.54) is 11.3 Å². The normalized spacial score (nSPS) is 11.4. The number of nitrogens with one attached hydrogen (secondary N) is 3. The first-order valence-corrected chi connectivity index (χ1v) is 14.0. The fraction of sp³-hybridized carbons (Fsp3) is 0.407. The Kier molecular flexibility index (Phi) is 9.27. The largest absolute Gasteiger partial charge is 0.476 e. The Morgan fingerprint density at radius 3 is 2.52 bits per heavy atom. The molecule has 0 bridgehead atoms. The van der Waals surface area contributed by atoms with Gasteiger partial charge in [-0.1, -0.05) is 0 Å². The third kappa shape index (κ3) is 6.90. The van der Waals surface area contributed by atoms with Crippen molar-refractivity contribution in [2.24, 2.45) is 0 Å². The fourth-order valence-electron chi connectivity index (χ4n) is 4.30. The van der Waals surface area contributed by atoms with E-state index in [1.807, 2.05) is 19.2 Å². The molecule has 40 heavy (non-hydrogen) atoms. The van der Waals surface area contributed by atoms with Crippen LogP contribution in [0.1, 0.15) is 40.3 Å². The summed E-state index contributed by atoms with van der Waals surface area (Å²) in [6, 6.07) is 3.92. The second-order valence-electron chi connectivity index (χ2n) is 9.66. The molecule has 4 aromatic heterocycles. The van der Waals surface area contributed by atoms with Gasteiger partial charge in [-0.2, -0.15) is 0 Å². The molecular formula is C27H34N8O4S. The van der Waals surface area contributed by atoms with Gasteiger partial charge in [-0.15, -0.1) is 16.4 Å². The maximum absolute atomic E-state index is 12.2. The topological polar surface area (TPSA) is 151 Å². The number of nitrogens with zero attached hydrogens (tertiary/aromatic N) is 5. The highest BCUT2D eigenvalue weighted by Crippen LogP contribution is 2.39. The number of carbonyl (C=O) groups excluding carboxylic acids is 1. The molecule has 2 amide bonds. The number of aromatic amines is 1. The average molecular weight is 567 g/mol. The minimum atomic E-state index is -0.666. The molecule has 4 rings (SSSR count). The standard InChI is InChI=1S/C27H34N8O4S/c1-7-28-26(36)32-22-11-20(25-31-17(6)14-40-25)21(13-29-22)19-10-18(23-33-34-27(37)39-23)12-30-24(19)38-9-8-35(15(2)3)16(4)5/h10-16H,7-9H2,1-6H3,(H,34,37)(H2,28,29,32,36). The molecule has 4 heterocycles. The van der Waals surface area contributed by atoms with E-state index < -0.39 is 5.76 Å². The van der Waals surface area contributed by atoms with Gasteiger partial charge in [0.1, 0.15) is 17.4 Å². The third-order valence-corrected chi connectivity index (χ3v) is 7.07. The first-order chi connectivity index (χ1) is 19.2. The number of carbonyl (C=O) groups is 1. The lowest BCUT2D eigenvalue weighted by atomic mass is 10.0. The molecule has 0 saturated carbocycles. The molecule has 0 aliphatic heterocycles. The number of pyridine rings is 2. The summed E-state index contributed by atoms with van der Waals surface area (Å²) in [5.41, 5.74) is 3.38. The van der Waals surface area contributed by atoms with Gasteiger partial charge < -0.3 is 14.5 Å². The summed E-state index contributed by atoms with van der Waals surface area (Å²) in [4.78, 5) is 39.9. The molecule has 0 aliphatic rings. The Balaban J connectivity index is 1.79. The van der Waals surface area contributed by atoms with Crippen LogP contribution in [-0.4, -0.2) is 67.9 Å². The Bertz CT molecular complexity index is 1500. The van der Waals surface area contributed by atoms with E-state index in [2.05, 4.69) is 68.4 Å². The monoisotopic (exact) mass is 566 g/mol. The van der Waals surface area contributed by atoms with E-state index in [0.29, 0.717) is 60.2 Å². The van der Waals surface area contributed by atoms with Crippen molar-refractivity contribution in [3.8, 4) is 39.0 Å². The van der Waals surface area contributed by atoms with Crippen LogP contribution in [0.4, 0.5) is 10.6 Å². The molecule has 0 atom stereocenters. The fourth-order valence-corrected chi connectivity index (χ4v) is 5.13. The first kappa shape index (κ1) is 28.9. The molecule has 0 saturated heterocycles. The molecule has 4 aromatic rings. The molecular weight excluding hydrogens is 532 g/mol. The van der Waals surface area contributed by atoms with Gasteiger partial charge in [0.25, 0.3) is 5.89 Å². The lowest BCUT2D eigenvalue weighted by Gasteiger charge is -2.30. The molecule has 0 aromatic carbocycles. The minimum Gasteiger partial charge on any atom is -0.476 e. The van der Waals surface area contributed by atoms with Gasteiger partial charge in [0, 0.05) is 65.3 Å². The predicted molar refractivity (Wildman–Crippen MR) is 155 cm³/mol. The molecule has 12 nitrogen and oxygen atoms in total. The molecule has 0 aliphatic carbocycles. The number of thiazole rings is 1. The Morgan fingerprint density at radius 1 is 1.12 bits per heavy atom. The van der Waals surface area contributed by atoms with Crippen molar-refractivity contribution >= 4 is 23.2 Å². The van der Waals surface area contributed by atoms with Gasteiger partial charge in [0.15, 0.2) is 0 Å². The lowest BCUT2D eigenvalue weighted by Crippen LogP contribution is -2.39. The molecule has 3 N–H and O–H groups in total. The Morgan fingerprint density at radius 2 is 1.90 bits per heavy atom. The van der Waals surface area contributed by atoms with Crippen molar-refractivity contribution in [2.45, 2.75) is 53.6 Å². The van der Waals surface area contributed by atoms with E-state index in [1.54, 1.807) is 24.5 Å². The molecule has 212 valence electrons. The first-order valence-electron chi connectivity index (χ1n) is 13.1. The summed E-state index contributed by atoms with van der Waals surface area (Å²) in [6.07, 6.45) is 3.20. The molecule has 0 unspecified atom stereocenters. The van der Waals surface area contributed by atoms with E-state index in [-0.39, 0.29) is 11.9 Å². The summed E-state index contributed by atoms with van der Waals surface area (Å²) in [6.45, 7) is 14.0. The second kappa shape index (κ2) is 12.8. The Labute approximate surface area is 236 Å². The third-order valence-electron chi connectivity index (χ3n) is 6.07. The highest BCUT2D eigenvalue weighted by atomic mass is 32.1. The maximum Gasteiger partial charge on any atom is 0.434 e. The number of H-pyrrole nitrogens is 1. The maximum atomic E-state index is 12.2. The molecule has 13 heteroatoms. The zero-order valence-corrected chi connectivity index (χ0v) is 24.3. The van der Waals surface area contributed by atoms with Crippen LogP contribution in [0.3, 0.4) is 0 Å². The van der Waals surface area contributed by atoms with Crippen LogP contribution in [0.25, 0.3) is 33.2 Å². The molecule has 0 fully saturated rings. The van der Waals surface area contributed by atoms with Crippen molar-refractivity contribution < 1.29 is 13.9 Å². The van der Waals surface area contributed by atoms with Crippen molar-refractivity contribution in [1.29, 1.82) is 0 Å². The van der Waals surface area contributed by atoms with Gasteiger partial charge in [0.05, 0.1) is 5.56 Å². The van der Waals surface area contributed by atoms with Crippen molar-refractivity contribution in [3.63, 3.8) is 0 Å². The quantitative estimate of drug-likeness (QED) is 0.237. The number of anilines is 1. The second-order valence-corrected chi connectivity index (χ2v) is 10.5. The zero-order valence-electron chi connectivity index (χ0n) is 23.4. The van der Waals surface area contributed by atoms with Crippen LogP contribution < -0.4 is 21.1 Å². The predicted octanol–water partition coefficient (Wildman–Crippen LogP) is 4.56. The van der Waals surface area contributed by atoms with Gasteiger partial charge in [0.2, 0.25) is 5.88 Å². The zero-order chi connectivity index (χ0) is 28.8. The van der Waals surface area contributed by atoms with Crippen molar-refractivity contribution in [3.05, 3.63) is 46.2 Å².